The van der Waals surface area contributed by atoms with Gasteiger partial charge in [-0.25, -0.2) is 40.7 Å². The zero-order chi connectivity index (χ0) is 36.9. The number of rotatable bonds is 11. The lowest BCUT2D eigenvalue weighted by molar-refractivity contribution is 0.0110. The van der Waals surface area contributed by atoms with Gasteiger partial charge in [0.15, 0.2) is 11.6 Å². The van der Waals surface area contributed by atoms with Gasteiger partial charge in [0, 0.05) is 55.2 Å². The van der Waals surface area contributed by atoms with E-state index in [9.17, 15) is 17.6 Å². The molecular weight excluding hydrogens is 689 g/mol. The van der Waals surface area contributed by atoms with E-state index in [1.54, 1.807) is 51.1 Å². The van der Waals surface area contributed by atoms with E-state index in [-0.39, 0.29) is 37.3 Å². The van der Waals surface area contributed by atoms with Crippen LogP contribution in [0, 0.1) is 23.4 Å². The number of carbonyl (C=O) groups excluding carboxylic acids is 1. The monoisotopic (exact) mass is 728 g/mol. The molecule has 0 aliphatic carbocycles. The minimum atomic E-state index is -4.82. The summed E-state index contributed by atoms with van der Waals surface area (Å²) in [4.78, 5) is 21.6. The Morgan fingerprint density at radius 1 is 0.941 bits per heavy atom. The highest BCUT2D eigenvalue weighted by molar-refractivity contribution is 7.92. The number of aromatic nitrogens is 2. The number of amides is 1. The van der Waals surface area contributed by atoms with Crippen molar-refractivity contribution in [2.75, 3.05) is 38.2 Å². The number of anilines is 1. The molecule has 11 nitrogen and oxygen atoms in total. The van der Waals surface area contributed by atoms with E-state index in [1.165, 1.54) is 49.7 Å². The molecule has 1 aliphatic heterocycles. The molecule has 3 aromatic carbocycles. The van der Waals surface area contributed by atoms with Gasteiger partial charge in [-0.3, -0.25) is 0 Å². The summed E-state index contributed by atoms with van der Waals surface area (Å²) < 4.78 is 96.0. The van der Waals surface area contributed by atoms with Gasteiger partial charge in [-0.15, -0.1) is 0 Å². The van der Waals surface area contributed by atoms with Gasteiger partial charge in [-0.2, -0.15) is 0 Å². The summed E-state index contributed by atoms with van der Waals surface area (Å²) >= 11 is 0. The first kappa shape index (κ1) is 37.2. The number of benzene rings is 3. The average molecular weight is 729 g/mol. The van der Waals surface area contributed by atoms with Crippen molar-refractivity contribution in [1.29, 1.82) is 0 Å². The number of methoxy groups -OCH3 is 2. The van der Waals surface area contributed by atoms with Gasteiger partial charge in [-0.1, -0.05) is 12.1 Å². The second kappa shape index (κ2) is 15.5. The number of piperidine rings is 1. The minimum Gasteiger partial charge on any atom is -0.497 e. The number of ether oxygens (including phenoxy) is 4. The summed E-state index contributed by atoms with van der Waals surface area (Å²) in [6.45, 7) is 5.20. The van der Waals surface area contributed by atoms with Crippen molar-refractivity contribution in [2.24, 2.45) is 5.92 Å². The van der Waals surface area contributed by atoms with E-state index in [1.807, 2.05) is 0 Å². The number of carbonyl (C=O) groups is 1. The van der Waals surface area contributed by atoms with Crippen molar-refractivity contribution in [3.05, 3.63) is 102 Å². The largest absolute Gasteiger partial charge is 0.497 e. The molecule has 15 heteroatoms. The third-order valence-corrected chi connectivity index (χ3v) is 10.0. The van der Waals surface area contributed by atoms with Crippen molar-refractivity contribution in [1.82, 2.24) is 14.9 Å². The minimum absolute atomic E-state index is 0.161. The molecule has 0 saturated carbocycles. The molecule has 2 atom stereocenters. The molecule has 1 saturated heterocycles. The molecule has 272 valence electrons. The zero-order valence-electron chi connectivity index (χ0n) is 28.8. The van der Waals surface area contributed by atoms with Crippen LogP contribution in [0.2, 0.25) is 0 Å². The van der Waals surface area contributed by atoms with Gasteiger partial charge in [0.1, 0.15) is 33.6 Å². The van der Waals surface area contributed by atoms with Crippen molar-refractivity contribution >= 4 is 22.1 Å². The number of hydrogen-bond acceptors (Lipinski definition) is 9. The van der Waals surface area contributed by atoms with Gasteiger partial charge >= 0.3 is 6.09 Å². The first-order valence-electron chi connectivity index (χ1n) is 16.1. The third-order valence-electron chi connectivity index (χ3n) is 8.27. The number of halogens is 3. The normalized spacial score (nSPS) is 16.4. The summed E-state index contributed by atoms with van der Waals surface area (Å²) in [7, 11) is -1.96. The van der Waals surface area contributed by atoms with E-state index in [4.69, 9.17) is 18.9 Å². The van der Waals surface area contributed by atoms with Crippen LogP contribution in [0.15, 0.2) is 78.0 Å². The van der Waals surface area contributed by atoms with E-state index in [0.717, 1.165) is 9.87 Å². The smallest absolute Gasteiger partial charge is 0.410 e. The highest BCUT2D eigenvalue weighted by atomic mass is 32.2. The Hall–Kier alpha value is -5.05. The Labute approximate surface area is 295 Å². The van der Waals surface area contributed by atoms with Crippen molar-refractivity contribution < 1.29 is 45.3 Å². The molecule has 1 fully saturated rings. The maximum Gasteiger partial charge on any atom is 0.410 e. The van der Waals surface area contributed by atoms with Crippen LogP contribution < -0.4 is 18.5 Å². The molecule has 0 bridgehead atoms. The van der Waals surface area contributed by atoms with E-state index in [0.29, 0.717) is 36.4 Å². The molecule has 0 N–H and O–H groups in total. The van der Waals surface area contributed by atoms with E-state index >= 15 is 8.78 Å². The molecule has 2 unspecified atom stereocenters. The summed E-state index contributed by atoms with van der Waals surface area (Å²) in [6, 6.07) is 13.4. The standard InChI is InChI=1S/C36H39F3N4O7S/c1-36(2,3)50-35(44)42-16-13-28(23-7-10-26(37)11-8-23)25(20-42)22-49-32-18-30(39)33(19-29(32)38)51(45,46)43(34-40-14-6-15-41-34)21-24-9-12-27(47-4)17-31(24)48-5/h6-12,14-15,17-19,25,28H,13,16,20-22H2,1-5H3. The van der Waals surface area contributed by atoms with Gasteiger partial charge in [0.05, 0.1) is 27.4 Å². The van der Waals surface area contributed by atoms with Crippen LogP contribution in [0.5, 0.6) is 17.2 Å². The summed E-state index contributed by atoms with van der Waals surface area (Å²) in [5, 5.41) is 0. The quantitative estimate of drug-likeness (QED) is 0.166. The van der Waals surface area contributed by atoms with Crippen LogP contribution in [0.4, 0.5) is 23.9 Å². The highest BCUT2D eigenvalue weighted by Gasteiger charge is 2.36. The van der Waals surface area contributed by atoms with Gasteiger partial charge < -0.3 is 23.8 Å². The lowest BCUT2D eigenvalue weighted by atomic mass is 9.81. The van der Waals surface area contributed by atoms with Crippen LogP contribution in [-0.4, -0.2) is 68.9 Å². The first-order chi connectivity index (χ1) is 24.2. The second-order valence-electron chi connectivity index (χ2n) is 12.9. The highest BCUT2D eigenvalue weighted by Crippen LogP contribution is 2.36. The fourth-order valence-electron chi connectivity index (χ4n) is 5.80. The Bertz CT molecular complexity index is 1950. The third kappa shape index (κ3) is 8.82. The maximum absolute atomic E-state index is 15.8. The lowest BCUT2D eigenvalue weighted by Gasteiger charge is -2.39. The number of likely N-dealkylation sites (tertiary alicyclic amines) is 1. The fraction of sp³-hybridized carbons (Fsp3) is 0.361. The van der Waals surface area contributed by atoms with Crippen LogP contribution in [0.3, 0.4) is 0 Å². The molecule has 0 radical (unpaired) electrons. The maximum atomic E-state index is 15.8. The molecule has 1 amide bonds. The Morgan fingerprint density at radius 3 is 2.29 bits per heavy atom. The Kier molecular flexibility index (Phi) is 11.3. The molecule has 0 spiro atoms. The SMILES string of the molecule is COc1ccc(CN(c2ncccn2)S(=O)(=O)c2cc(F)c(OCC3CN(C(=O)OC(C)(C)C)CCC3c3ccc(F)cc3)cc2F)c(OC)c1. The van der Waals surface area contributed by atoms with Gasteiger partial charge in [0.25, 0.3) is 10.0 Å². The molecule has 2 heterocycles. The van der Waals surface area contributed by atoms with Crippen LogP contribution in [0.25, 0.3) is 0 Å². The average Bonchev–Trinajstić information content (AvgIpc) is 3.10. The second-order valence-corrected chi connectivity index (χ2v) is 14.7. The van der Waals surface area contributed by atoms with E-state index in [2.05, 4.69) is 9.97 Å². The summed E-state index contributed by atoms with van der Waals surface area (Å²) in [5.41, 5.74) is 0.431. The van der Waals surface area contributed by atoms with Crippen LogP contribution in [0.1, 0.15) is 44.2 Å². The van der Waals surface area contributed by atoms with Crippen molar-refractivity contribution in [2.45, 2.75) is 50.2 Å². The van der Waals surface area contributed by atoms with Crippen molar-refractivity contribution in [3.63, 3.8) is 0 Å². The summed E-state index contributed by atoms with van der Waals surface area (Å²) in [6.07, 6.45) is 2.58. The topological polar surface area (TPSA) is 120 Å². The Morgan fingerprint density at radius 2 is 1.65 bits per heavy atom. The fourth-order valence-corrected chi connectivity index (χ4v) is 7.21. The van der Waals surface area contributed by atoms with E-state index < -0.39 is 55.7 Å². The number of hydrogen-bond donors (Lipinski definition) is 0. The predicted molar refractivity (Wildman–Crippen MR) is 182 cm³/mol. The van der Waals surface area contributed by atoms with Gasteiger partial charge in [0.2, 0.25) is 5.95 Å². The number of sulfonamides is 1. The van der Waals surface area contributed by atoms with Crippen LogP contribution >= 0.6 is 0 Å². The predicted octanol–water partition coefficient (Wildman–Crippen LogP) is 6.73. The lowest BCUT2D eigenvalue weighted by Crippen LogP contribution is -2.46. The van der Waals surface area contributed by atoms with Gasteiger partial charge in [-0.05, 0) is 69.0 Å². The molecular formula is C36H39F3N4O7S. The number of nitrogens with zero attached hydrogens (tertiary/aromatic N) is 4. The first-order valence-corrected chi connectivity index (χ1v) is 17.5. The summed E-state index contributed by atoms with van der Waals surface area (Å²) in [5.74, 6) is -3.54. The molecule has 1 aliphatic rings. The van der Waals surface area contributed by atoms with Crippen molar-refractivity contribution in [3.8, 4) is 17.2 Å². The zero-order valence-corrected chi connectivity index (χ0v) is 29.6. The molecule has 5 rings (SSSR count). The van der Waals surface area contributed by atoms with Crippen LogP contribution in [-0.2, 0) is 21.3 Å². The molecule has 51 heavy (non-hydrogen) atoms. The molecule has 4 aromatic rings. The Balaban J connectivity index is 1.42. The molecule has 1 aromatic heterocycles.